The standard InChI is InChI=1S/C32H31F3N4O4S/c33-32(34,35)42-25-4-2-1-3-22(25)27-24(29(43-37-27)17-5-6-17)16-36-18-12-31(13-18)14-20-7-8-21(15-31)39(20)19-9-10-23-26(11-19)44-38-28(23)30(40)41/h1-4,9-11,17-18,20-21,36H,5-8,12-16H2,(H,40,41). The molecular formula is C32H31F3N4O4S. The van der Waals surface area contributed by atoms with Crippen LogP contribution >= 0.6 is 11.5 Å². The number of nitrogens with one attached hydrogen (secondary N) is 1. The number of aromatic nitrogens is 2. The van der Waals surface area contributed by atoms with Crippen molar-refractivity contribution in [2.24, 2.45) is 5.41 Å². The van der Waals surface area contributed by atoms with Crippen LogP contribution in [0.2, 0.25) is 0 Å². The van der Waals surface area contributed by atoms with Crippen LogP contribution in [0.5, 0.6) is 5.75 Å². The van der Waals surface area contributed by atoms with Crippen LogP contribution in [0.3, 0.4) is 0 Å². The monoisotopic (exact) mass is 624 g/mol. The molecular weight excluding hydrogens is 593 g/mol. The molecule has 2 aromatic carbocycles. The average Bonchev–Trinajstić information content (AvgIpc) is 3.47. The number of carbonyl (C=O) groups is 1. The predicted molar refractivity (Wildman–Crippen MR) is 158 cm³/mol. The Labute approximate surface area is 255 Å². The van der Waals surface area contributed by atoms with Gasteiger partial charge in [-0.25, -0.2) is 4.79 Å². The Balaban J connectivity index is 0.953. The maximum Gasteiger partial charge on any atom is 0.573 e. The SMILES string of the molecule is O=C(O)c1nsc2cc(N3C4CCC3CC3(CC(NCc5c(-c6ccccc6OC(F)(F)F)noc5C5CC5)C3)C4)ccc12. The third kappa shape index (κ3) is 4.92. The fourth-order valence-electron chi connectivity index (χ4n) is 8.06. The fourth-order valence-corrected chi connectivity index (χ4v) is 8.87. The van der Waals surface area contributed by atoms with Crippen molar-refractivity contribution in [1.82, 2.24) is 14.8 Å². The summed E-state index contributed by atoms with van der Waals surface area (Å²) >= 11 is 1.24. The van der Waals surface area contributed by atoms with E-state index in [4.69, 9.17) is 4.52 Å². The zero-order chi connectivity index (χ0) is 30.2. The lowest BCUT2D eigenvalue weighted by atomic mass is 9.58. The summed E-state index contributed by atoms with van der Waals surface area (Å²) in [4.78, 5) is 14.0. The number of aromatic carboxylic acids is 1. The molecule has 2 saturated carbocycles. The molecule has 4 heterocycles. The molecule has 230 valence electrons. The molecule has 2 bridgehead atoms. The maximum absolute atomic E-state index is 13.1. The van der Waals surface area contributed by atoms with Gasteiger partial charge in [0.05, 0.1) is 4.70 Å². The van der Waals surface area contributed by atoms with Gasteiger partial charge >= 0.3 is 12.3 Å². The number of fused-ring (bicyclic) bond motifs is 3. The Kier molecular flexibility index (Phi) is 6.46. The number of carboxylic acid groups (broad SMARTS) is 1. The molecule has 4 aliphatic rings. The molecule has 2 aliphatic heterocycles. The van der Waals surface area contributed by atoms with E-state index >= 15 is 0 Å². The summed E-state index contributed by atoms with van der Waals surface area (Å²) < 4.78 is 54.5. The van der Waals surface area contributed by atoms with Gasteiger partial charge in [0.25, 0.3) is 0 Å². The zero-order valence-corrected chi connectivity index (χ0v) is 24.6. The first-order valence-electron chi connectivity index (χ1n) is 15.1. The highest BCUT2D eigenvalue weighted by atomic mass is 32.1. The number of para-hydroxylation sites is 1. The van der Waals surface area contributed by atoms with Crippen molar-refractivity contribution >= 4 is 33.3 Å². The molecule has 2 aliphatic carbocycles. The van der Waals surface area contributed by atoms with Gasteiger partial charge in [-0.2, -0.15) is 4.37 Å². The maximum atomic E-state index is 13.1. The average molecular weight is 625 g/mol. The minimum absolute atomic E-state index is 0.117. The summed E-state index contributed by atoms with van der Waals surface area (Å²) in [6, 6.07) is 13.4. The molecule has 2 aromatic heterocycles. The van der Waals surface area contributed by atoms with Crippen molar-refractivity contribution in [3.8, 4) is 17.0 Å². The van der Waals surface area contributed by atoms with E-state index in [0.29, 0.717) is 35.8 Å². The lowest BCUT2D eigenvalue weighted by molar-refractivity contribution is -0.274. The molecule has 2 unspecified atom stereocenters. The van der Waals surface area contributed by atoms with Gasteiger partial charge in [0.15, 0.2) is 5.69 Å². The van der Waals surface area contributed by atoms with E-state index in [-0.39, 0.29) is 28.3 Å². The largest absolute Gasteiger partial charge is 0.573 e. The lowest BCUT2D eigenvalue weighted by Crippen LogP contribution is -2.57. The molecule has 4 fully saturated rings. The molecule has 44 heavy (non-hydrogen) atoms. The van der Waals surface area contributed by atoms with E-state index in [1.165, 1.54) is 23.7 Å². The van der Waals surface area contributed by atoms with Gasteiger partial charge in [-0.3, -0.25) is 0 Å². The Bertz CT molecular complexity index is 1730. The number of carboxylic acids is 1. The molecule has 2 N–H and O–H groups in total. The predicted octanol–water partition coefficient (Wildman–Crippen LogP) is 7.50. The highest BCUT2D eigenvalue weighted by Gasteiger charge is 2.54. The second-order valence-corrected chi connectivity index (χ2v) is 13.7. The van der Waals surface area contributed by atoms with Gasteiger partial charge in [-0.05, 0) is 98.6 Å². The molecule has 0 amide bonds. The van der Waals surface area contributed by atoms with Gasteiger partial charge in [0.1, 0.15) is 17.2 Å². The van der Waals surface area contributed by atoms with Crippen LogP contribution in [0, 0.1) is 5.41 Å². The van der Waals surface area contributed by atoms with Gasteiger partial charge in [-0.1, -0.05) is 17.3 Å². The number of alkyl halides is 3. The third-order valence-corrected chi connectivity index (χ3v) is 10.8. The van der Waals surface area contributed by atoms with Gasteiger partial charge in [0, 0.05) is 52.8 Å². The number of rotatable bonds is 8. The van der Waals surface area contributed by atoms with Crippen LogP contribution < -0.4 is 15.0 Å². The summed E-state index contributed by atoms with van der Waals surface area (Å²) in [5.41, 5.74) is 3.07. The van der Waals surface area contributed by atoms with E-state index in [9.17, 15) is 23.1 Å². The summed E-state index contributed by atoms with van der Waals surface area (Å²) in [7, 11) is 0. The van der Waals surface area contributed by atoms with E-state index in [1.54, 1.807) is 12.1 Å². The van der Waals surface area contributed by atoms with Crippen molar-refractivity contribution in [3.05, 3.63) is 59.5 Å². The molecule has 1 spiro atoms. The minimum atomic E-state index is -4.80. The van der Waals surface area contributed by atoms with Gasteiger partial charge in [0.2, 0.25) is 0 Å². The summed E-state index contributed by atoms with van der Waals surface area (Å²) in [5.74, 6) is -0.251. The van der Waals surface area contributed by atoms with E-state index in [2.05, 4.69) is 30.6 Å². The van der Waals surface area contributed by atoms with Crippen LogP contribution in [-0.2, 0) is 6.54 Å². The van der Waals surface area contributed by atoms with Crippen molar-refractivity contribution in [2.45, 2.75) is 88.3 Å². The highest BCUT2D eigenvalue weighted by molar-refractivity contribution is 7.13. The van der Waals surface area contributed by atoms with E-state index in [0.717, 1.165) is 73.1 Å². The second kappa shape index (κ2) is 10.2. The normalized spacial score (nSPS) is 26.3. The van der Waals surface area contributed by atoms with Crippen LogP contribution in [0.1, 0.15) is 79.1 Å². The van der Waals surface area contributed by atoms with Gasteiger partial charge < -0.3 is 24.6 Å². The Morgan fingerprint density at radius 1 is 1.09 bits per heavy atom. The Morgan fingerprint density at radius 3 is 2.55 bits per heavy atom. The molecule has 4 aromatic rings. The number of halogens is 3. The topological polar surface area (TPSA) is 101 Å². The number of benzene rings is 2. The summed E-state index contributed by atoms with van der Waals surface area (Å²) in [5, 5.41) is 18.0. The lowest BCUT2D eigenvalue weighted by Gasteiger charge is -2.56. The van der Waals surface area contributed by atoms with E-state index in [1.807, 2.05) is 12.1 Å². The van der Waals surface area contributed by atoms with E-state index < -0.39 is 12.3 Å². The number of hydrogen-bond donors (Lipinski definition) is 2. The zero-order valence-electron chi connectivity index (χ0n) is 23.8. The number of anilines is 1. The number of piperidine rings is 1. The molecule has 8 rings (SSSR count). The Morgan fingerprint density at radius 2 is 1.84 bits per heavy atom. The smallest absolute Gasteiger partial charge is 0.476 e. The first-order valence-corrected chi connectivity index (χ1v) is 15.9. The molecule has 0 radical (unpaired) electrons. The van der Waals surface area contributed by atoms with Gasteiger partial charge in [-0.15, -0.1) is 13.2 Å². The number of nitrogens with zero attached hydrogens (tertiary/aromatic N) is 3. The Hall–Kier alpha value is -3.64. The fraction of sp³-hybridized carbons (Fsp3) is 0.469. The number of ether oxygens (including phenoxy) is 1. The number of hydrogen-bond acceptors (Lipinski definition) is 8. The first kappa shape index (κ1) is 27.9. The highest BCUT2D eigenvalue weighted by Crippen LogP contribution is 2.57. The molecule has 2 atom stereocenters. The van der Waals surface area contributed by atoms with Crippen LogP contribution in [0.4, 0.5) is 18.9 Å². The third-order valence-electron chi connectivity index (χ3n) is 9.97. The summed E-state index contributed by atoms with van der Waals surface area (Å²) in [6.07, 6.45) is 3.86. The second-order valence-electron chi connectivity index (χ2n) is 12.9. The van der Waals surface area contributed by atoms with Crippen LogP contribution in [0.25, 0.3) is 21.3 Å². The minimum Gasteiger partial charge on any atom is -0.476 e. The summed E-state index contributed by atoms with van der Waals surface area (Å²) in [6.45, 7) is 0.484. The quantitative estimate of drug-likeness (QED) is 0.208. The molecule has 12 heteroatoms. The van der Waals surface area contributed by atoms with Crippen molar-refractivity contribution in [2.75, 3.05) is 4.90 Å². The first-order chi connectivity index (χ1) is 21.2. The van der Waals surface area contributed by atoms with Crippen LogP contribution in [-0.4, -0.2) is 45.1 Å². The molecule has 8 nitrogen and oxygen atoms in total. The van der Waals surface area contributed by atoms with Crippen molar-refractivity contribution in [1.29, 1.82) is 0 Å². The van der Waals surface area contributed by atoms with Crippen molar-refractivity contribution < 1.29 is 32.3 Å². The molecule has 2 saturated heterocycles. The van der Waals surface area contributed by atoms with Crippen molar-refractivity contribution in [3.63, 3.8) is 0 Å². The van der Waals surface area contributed by atoms with Crippen LogP contribution in [0.15, 0.2) is 47.0 Å².